The lowest BCUT2D eigenvalue weighted by Crippen LogP contribution is -2.24. The Morgan fingerprint density at radius 2 is 2.00 bits per heavy atom. The number of nitrogens with zero attached hydrogens (tertiary/aromatic N) is 1. The molecule has 4 nitrogen and oxygen atoms in total. The number of amides is 2. The van der Waals surface area contributed by atoms with Gasteiger partial charge in [-0.15, -0.1) is 0 Å². The van der Waals surface area contributed by atoms with E-state index < -0.39 is 0 Å². The molecule has 4 heteroatoms. The summed E-state index contributed by atoms with van der Waals surface area (Å²) in [7, 11) is 0. The molecule has 1 aromatic carbocycles. The van der Waals surface area contributed by atoms with E-state index in [1.54, 1.807) is 18.5 Å². The molecule has 0 saturated heterocycles. The summed E-state index contributed by atoms with van der Waals surface area (Å²) in [4.78, 5) is 15.7. The van der Waals surface area contributed by atoms with Gasteiger partial charge < -0.3 is 5.32 Å². The van der Waals surface area contributed by atoms with E-state index in [-0.39, 0.29) is 6.03 Å². The first-order valence-corrected chi connectivity index (χ1v) is 6.37. The van der Waals surface area contributed by atoms with Crippen LogP contribution in [0.4, 0.5) is 10.6 Å². The van der Waals surface area contributed by atoms with Gasteiger partial charge in [0.05, 0.1) is 0 Å². The number of urea groups is 1. The maximum absolute atomic E-state index is 11.6. The van der Waals surface area contributed by atoms with Crippen LogP contribution < -0.4 is 10.6 Å². The van der Waals surface area contributed by atoms with Crippen LogP contribution in [-0.2, 0) is 0 Å². The van der Waals surface area contributed by atoms with Crippen LogP contribution in [0.1, 0.15) is 16.7 Å². The van der Waals surface area contributed by atoms with Gasteiger partial charge in [-0.1, -0.05) is 35.9 Å². The van der Waals surface area contributed by atoms with E-state index in [1.165, 1.54) is 5.56 Å². The average Bonchev–Trinajstić information content (AvgIpc) is 2.41. The second-order valence-electron chi connectivity index (χ2n) is 4.57. The molecule has 0 unspecified atom stereocenters. The highest BCUT2D eigenvalue weighted by molar-refractivity contribution is 5.89. The number of benzene rings is 1. The maximum atomic E-state index is 11.6. The number of aryl methyl sites for hydroxylation is 2. The molecule has 0 atom stereocenters. The van der Waals surface area contributed by atoms with Crippen LogP contribution in [0.15, 0.2) is 48.8 Å². The van der Waals surface area contributed by atoms with Gasteiger partial charge in [-0.05, 0) is 37.1 Å². The number of nitrogens with one attached hydrogen (secondary N) is 2. The number of rotatable bonds is 3. The van der Waals surface area contributed by atoms with E-state index in [4.69, 9.17) is 0 Å². The van der Waals surface area contributed by atoms with Gasteiger partial charge in [0.15, 0.2) is 0 Å². The molecule has 102 valence electrons. The van der Waals surface area contributed by atoms with Crippen molar-refractivity contribution in [3.05, 3.63) is 65.5 Å². The van der Waals surface area contributed by atoms with E-state index in [9.17, 15) is 4.79 Å². The lowest BCUT2D eigenvalue weighted by molar-refractivity contribution is 0.255. The Balaban J connectivity index is 1.87. The van der Waals surface area contributed by atoms with Crippen molar-refractivity contribution in [2.45, 2.75) is 13.8 Å². The number of hydrogen-bond donors (Lipinski definition) is 2. The minimum atomic E-state index is -0.315. The Morgan fingerprint density at radius 3 is 2.70 bits per heavy atom. The zero-order valence-electron chi connectivity index (χ0n) is 11.6. The predicted octanol–water partition coefficient (Wildman–Crippen LogP) is 3.49. The summed E-state index contributed by atoms with van der Waals surface area (Å²) in [6, 6.07) is 11.4. The van der Waals surface area contributed by atoms with E-state index >= 15 is 0 Å². The molecule has 0 radical (unpaired) electrons. The van der Waals surface area contributed by atoms with E-state index in [1.807, 2.05) is 50.3 Å². The van der Waals surface area contributed by atoms with Crippen molar-refractivity contribution >= 4 is 17.9 Å². The lowest BCUT2D eigenvalue weighted by Gasteiger charge is -2.03. The molecule has 0 aliphatic rings. The highest BCUT2D eigenvalue weighted by atomic mass is 16.2. The van der Waals surface area contributed by atoms with E-state index in [0.717, 1.165) is 11.1 Å². The van der Waals surface area contributed by atoms with Gasteiger partial charge in [0.2, 0.25) is 0 Å². The summed E-state index contributed by atoms with van der Waals surface area (Å²) in [5, 5.41) is 5.30. The molecule has 2 amide bonds. The Hall–Kier alpha value is -2.62. The molecule has 0 bridgehead atoms. The van der Waals surface area contributed by atoms with Crippen LogP contribution >= 0.6 is 0 Å². The quantitative estimate of drug-likeness (QED) is 0.894. The van der Waals surface area contributed by atoms with Crippen LogP contribution in [0.3, 0.4) is 0 Å². The summed E-state index contributed by atoms with van der Waals surface area (Å²) in [6.45, 7) is 3.97. The largest absolute Gasteiger partial charge is 0.324 e. The highest BCUT2D eigenvalue weighted by Crippen LogP contribution is 2.05. The van der Waals surface area contributed by atoms with Gasteiger partial charge in [0, 0.05) is 12.4 Å². The topological polar surface area (TPSA) is 54.0 Å². The van der Waals surface area contributed by atoms with Crippen LogP contribution in [0.2, 0.25) is 0 Å². The number of pyridine rings is 1. The number of carbonyl (C=O) groups excluding carboxylic acids is 1. The van der Waals surface area contributed by atoms with Crippen LogP contribution in [0, 0.1) is 13.8 Å². The molecule has 0 spiro atoms. The maximum Gasteiger partial charge on any atom is 0.324 e. The summed E-state index contributed by atoms with van der Waals surface area (Å²) in [5.74, 6) is 0.525. The fourth-order valence-electron chi connectivity index (χ4n) is 1.68. The molecule has 0 saturated carbocycles. The van der Waals surface area contributed by atoms with Crippen molar-refractivity contribution in [1.82, 2.24) is 10.3 Å². The third-order valence-corrected chi connectivity index (χ3v) is 2.69. The second-order valence-corrected chi connectivity index (χ2v) is 4.57. The van der Waals surface area contributed by atoms with Gasteiger partial charge in [-0.25, -0.2) is 9.78 Å². The van der Waals surface area contributed by atoms with Gasteiger partial charge >= 0.3 is 6.03 Å². The lowest BCUT2D eigenvalue weighted by atomic mass is 10.1. The number of carbonyl (C=O) groups is 1. The standard InChI is InChI=1S/C16H17N3O/c1-12-4-3-5-14(10-12)8-9-17-16(20)19-15-7-6-13(2)11-18-15/h3-11H,1-2H3,(H2,17,18,19,20)/b9-8+. The van der Waals surface area contributed by atoms with Crippen LogP contribution in [0.5, 0.6) is 0 Å². The Kier molecular flexibility index (Phi) is 4.50. The van der Waals surface area contributed by atoms with E-state index in [0.29, 0.717) is 5.82 Å². The average molecular weight is 267 g/mol. The molecule has 0 aliphatic heterocycles. The first kappa shape index (κ1) is 13.8. The third kappa shape index (κ3) is 4.24. The van der Waals surface area contributed by atoms with E-state index in [2.05, 4.69) is 15.6 Å². The van der Waals surface area contributed by atoms with Crippen molar-refractivity contribution in [2.75, 3.05) is 5.32 Å². The fourth-order valence-corrected chi connectivity index (χ4v) is 1.68. The molecule has 0 fully saturated rings. The summed E-state index contributed by atoms with van der Waals surface area (Å²) < 4.78 is 0. The monoisotopic (exact) mass is 267 g/mol. The van der Waals surface area contributed by atoms with Crippen molar-refractivity contribution in [3.63, 3.8) is 0 Å². The highest BCUT2D eigenvalue weighted by Gasteiger charge is 1.99. The molecule has 1 heterocycles. The normalized spacial score (nSPS) is 10.5. The molecule has 2 aromatic rings. The Morgan fingerprint density at radius 1 is 1.15 bits per heavy atom. The van der Waals surface area contributed by atoms with Crippen molar-refractivity contribution < 1.29 is 4.79 Å². The predicted molar refractivity (Wildman–Crippen MR) is 81.3 cm³/mol. The van der Waals surface area contributed by atoms with Crippen molar-refractivity contribution in [3.8, 4) is 0 Å². The molecule has 0 aliphatic carbocycles. The molecule has 1 aromatic heterocycles. The van der Waals surface area contributed by atoms with Gasteiger partial charge in [-0.2, -0.15) is 0 Å². The molecular weight excluding hydrogens is 250 g/mol. The Bertz CT molecular complexity index is 618. The molecule has 20 heavy (non-hydrogen) atoms. The number of anilines is 1. The SMILES string of the molecule is Cc1ccc(NC(=O)N/C=C/c2cccc(C)c2)nc1. The summed E-state index contributed by atoms with van der Waals surface area (Å²) >= 11 is 0. The first-order chi connectivity index (χ1) is 9.63. The first-order valence-electron chi connectivity index (χ1n) is 6.37. The number of aromatic nitrogens is 1. The van der Waals surface area contributed by atoms with Gasteiger partial charge in [-0.3, -0.25) is 5.32 Å². The molecular formula is C16H17N3O. The zero-order chi connectivity index (χ0) is 14.4. The minimum absolute atomic E-state index is 0.315. The van der Waals surface area contributed by atoms with Crippen LogP contribution in [-0.4, -0.2) is 11.0 Å². The molecule has 2 N–H and O–H groups in total. The molecule has 2 rings (SSSR count). The van der Waals surface area contributed by atoms with Crippen LogP contribution in [0.25, 0.3) is 6.08 Å². The second kappa shape index (κ2) is 6.52. The Labute approximate surface area is 118 Å². The summed E-state index contributed by atoms with van der Waals surface area (Å²) in [6.07, 6.45) is 5.16. The minimum Gasteiger partial charge on any atom is -0.314 e. The van der Waals surface area contributed by atoms with Gasteiger partial charge in [0.1, 0.15) is 5.82 Å². The number of hydrogen-bond acceptors (Lipinski definition) is 2. The van der Waals surface area contributed by atoms with Gasteiger partial charge in [0.25, 0.3) is 0 Å². The zero-order valence-corrected chi connectivity index (χ0v) is 11.6. The summed E-state index contributed by atoms with van der Waals surface area (Å²) in [5.41, 5.74) is 3.27. The fraction of sp³-hybridized carbons (Fsp3) is 0.125. The van der Waals surface area contributed by atoms with Crippen molar-refractivity contribution in [1.29, 1.82) is 0 Å². The van der Waals surface area contributed by atoms with Crippen molar-refractivity contribution in [2.24, 2.45) is 0 Å². The smallest absolute Gasteiger partial charge is 0.314 e. The third-order valence-electron chi connectivity index (χ3n) is 2.69.